The molecule has 36 heavy (non-hydrogen) atoms. The van der Waals surface area contributed by atoms with Crippen LogP contribution in [-0.2, 0) is 16.1 Å². The second-order valence-electron chi connectivity index (χ2n) is 8.75. The number of nitrogens with one attached hydrogen (secondary N) is 1. The second-order valence-corrected chi connectivity index (χ2v) is 9.13. The first-order chi connectivity index (χ1) is 17.4. The maximum Gasteiger partial charge on any atom is 0.270 e. The van der Waals surface area contributed by atoms with Crippen LogP contribution in [0.1, 0.15) is 27.8 Å². The number of thiocarbonyl (C=S) groups is 1. The van der Waals surface area contributed by atoms with Crippen LogP contribution < -0.4 is 10.2 Å². The zero-order valence-electron chi connectivity index (χ0n) is 19.8. The van der Waals surface area contributed by atoms with Crippen LogP contribution in [0, 0.1) is 25.2 Å². The summed E-state index contributed by atoms with van der Waals surface area (Å²) >= 11 is 5.37. The van der Waals surface area contributed by atoms with Gasteiger partial charge in [0.15, 0.2) is 5.11 Å². The number of amides is 2. The van der Waals surface area contributed by atoms with Gasteiger partial charge in [0.2, 0.25) is 0 Å². The van der Waals surface area contributed by atoms with Crippen LogP contribution in [0.3, 0.4) is 0 Å². The molecule has 0 aliphatic carbocycles. The molecule has 2 amide bonds. The molecule has 1 N–H and O–H groups in total. The fourth-order valence-electron chi connectivity index (χ4n) is 4.56. The zero-order chi connectivity index (χ0) is 25.4. The number of hydrogen-bond acceptors (Lipinski definition) is 4. The smallest absolute Gasteiger partial charge is 0.270 e. The Morgan fingerprint density at radius 1 is 1.03 bits per heavy atom. The number of benzene rings is 3. The van der Waals surface area contributed by atoms with Crippen molar-refractivity contribution < 1.29 is 9.59 Å². The molecule has 7 heteroatoms. The summed E-state index contributed by atoms with van der Waals surface area (Å²) in [6, 6.07) is 23.2. The molecule has 5 rings (SSSR count). The number of aryl methyl sites for hydroxylation is 2. The number of nitrogens with zero attached hydrogens (tertiary/aromatic N) is 3. The highest BCUT2D eigenvalue weighted by Gasteiger charge is 2.35. The van der Waals surface area contributed by atoms with Crippen molar-refractivity contribution in [3.8, 4) is 6.07 Å². The van der Waals surface area contributed by atoms with E-state index in [4.69, 9.17) is 12.2 Å². The molecule has 0 radical (unpaired) electrons. The van der Waals surface area contributed by atoms with Crippen molar-refractivity contribution in [2.75, 3.05) is 4.90 Å². The largest absolute Gasteiger partial charge is 0.342 e. The van der Waals surface area contributed by atoms with Gasteiger partial charge >= 0.3 is 0 Å². The molecule has 1 aromatic heterocycles. The molecule has 1 aliphatic heterocycles. The predicted octanol–water partition coefficient (Wildman–Crippen LogP) is 5.01. The summed E-state index contributed by atoms with van der Waals surface area (Å²) in [5.41, 5.74) is 5.74. The Labute approximate surface area is 214 Å². The summed E-state index contributed by atoms with van der Waals surface area (Å²) in [5.74, 6) is -1.000. The molecule has 0 spiro atoms. The van der Waals surface area contributed by atoms with Crippen molar-refractivity contribution in [1.82, 2.24) is 9.88 Å². The van der Waals surface area contributed by atoms with Gasteiger partial charge in [-0.25, -0.2) is 0 Å². The molecular weight excluding hydrogens is 468 g/mol. The van der Waals surface area contributed by atoms with E-state index in [0.29, 0.717) is 17.8 Å². The third kappa shape index (κ3) is 4.08. The monoisotopic (exact) mass is 490 g/mol. The highest BCUT2D eigenvalue weighted by Crippen LogP contribution is 2.29. The van der Waals surface area contributed by atoms with Crippen molar-refractivity contribution in [3.05, 3.63) is 106 Å². The topological polar surface area (TPSA) is 78.1 Å². The summed E-state index contributed by atoms with van der Waals surface area (Å²) in [6.45, 7) is 4.36. The number of carbonyl (C=O) groups is 2. The highest BCUT2D eigenvalue weighted by atomic mass is 32.1. The number of fused-ring (bicyclic) bond motifs is 1. The van der Waals surface area contributed by atoms with E-state index in [-0.39, 0.29) is 10.7 Å². The van der Waals surface area contributed by atoms with Crippen LogP contribution in [-0.4, -0.2) is 21.5 Å². The molecule has 6 nitrogen and oxygen atoms in total. The summed E-state index contributed by atoms with van der Waals surface area (Å²) < 4.78 is 2.02. The molecule has 1 aliphatic rings. The standard InChI is InChI=1S/C29H22N4O2S/c1-18-11-12-25(19(2)13-18)33-28(35)24(27(34)31-29(33)36)14-22-17-32(26-10-6-5-9-23(22)26)16-21-8-4-3-7-20(21)15-30/h3-14,17H,16H2,1-2H3,(H,31,34,36). The van der Waals surface area contributed by atoms with Gasteiger partial charge in [-0.05, 0) is 61.5 Å². The predicted molar refractivity (Wildman–Crippen MR) is 144 cm³/mol. The van der Waals surface area contributed by atoms with Gasteiger partial charge in [-0.1, -0.05) is 54.1 Å². The van der Waals surface area contributed by atoms with Crippen molar-refractivity contribution in [1.29, 1.82) is 5.26 Å². The van der Waals surface area contributed by atoms with E-state index in [1.807, 2.05) is 85.3 Å². The first kappa shape index (κ1) is 23.2. The van der Waals surface area contributed by atoms with E-state index in [1.54, 1.807) is 12.1 Å². The lowest BCUT2D eigenvalue weighted by Gasteiger charge is -2.30. The summed E-state index contributed by atoms with van der Waals surface area (Å²) in [5, 5.41) is 13.1. The number of rotatable bonds is 4. The molecule has 2 heterocycles. The van der Waals surface area contributed by atoms with Gasteiger partial charge in [-0.15, -0.1) is 0 Å². The van der Waals surface area contributed by atoms with E-state index < -0.39 is 11.8 Å². The van der Waals surface area contributed by atoms with Crippen LogP contribution in [0.15, 0.2) is 78.5 Å². The molecule has 0 bridgehead atoms. The van der Waals surface area contributed by atoms with Crippen molar-refractivity contribution in [2.24, 2.45) is 0 Å². The Kier molecular flexibility index (Phi) is 5.96. The quantitative estimate of drug-likeness (QED) is 0.248. The molecule has 0 unspecified atom stereocenters. The number of anilines is 1. The Hall–Kier alpha value is -4.54. The minimum atomic E-state index is -0.530. The van der Waals surface area contributed by atoms with Crippen LogP contribution in [0.2, 0.25) is 0 Å². The summed E-state index contributed by atoms with van der Waals surface area (Å²) in [7, 11) is 0. The fraction of sp³-hybridized carbons (Fsp3) is 0.103. The Morgan fingerprint density at radius 2 is 1.78 bits per heavy atom. The normalized spacial score (nSPS) is 14.9. The van der Waals surface area contributed by atoms with Crippen molar-refractivity contribution >= 4 is 51.8 Å². The molecule has 176 valence electrons. The molecular formula is C29H22N4O2S. The molecule has 1 fully saturated rings. The molecule has 4 aromatic rings. The average Bonchev–Trinajstić information content (AvgIpc) is 3.20. The van der Waals surface area contributed by atoms with Gasteiger partial charge < -0.3 is 4.57 Å². The van der Waals surface area contributed by atoms with Gasteiger partial charge in [0.1, 0.15) is 5.57 Å². The minimum absolute atomic E-state index is 0.00361. The molecule has 1 saturated heterocycles. The SMILES string of the molecule is Cc1ccc(N2C(=O)C(=Cc3cn(Cc4ccccc4C#N)c4ccccc34)C(=O)NC2=S)c(C)c1. The fourth-order valence-corrected chi connectivity index (χ4v) is 4.83. The Morgan fingerprint density at radius 3 is 2.56 bits per heavy atom. The average molecular weight is 491 g/mol. The maximum absolute atomic E-state index is 13.6. The first-order valence-electron chi connectivity index (χ1n) is 11.4. The minimum Gasteiger partial charge on any atom is -0.342 e. The molecule has 0 atom stereocenters. The molecule has 3 aromatic carbocycles. The van der Waals surface area contributed by atoms with Crippen LogP contribution >= 0.6 is 12.2 Å². The van der Waals surface area contributed by atoms with E-state index in [9.17, 15) is 14.9 Å². The third-order valence-corrected chi connectivity index (χ3v) is 6.58. The van der Waals surface area contributed by atoms with Crippen LogP contribution in [0.5, 0.6) is 0 Å². The van der Waals surface area contributed by atoms with E-state index in [2.05, 4.69) is 11.4 Å². The van der Waals surface area contributed by atoms with Gasteiger partial charge in [-0.3, -0.25) is 19.8 Å². The van der Waals surface area contributed by atoms with Gasteiger partial charge in [0.25, 0.3) is 11.8 Å². The highest BCUT2D eigenvalue weighted by molar-refractivity contribution is 7.80. The van der Waals surface area contributed by atoms with Gasteiger partial charge in [0.05, 0.1) is 17.3 Å². The van der Waals surface area contributed by atoms with E-state index >= 15 is 0 Å². The van der Waals surface area contributed by atoms with Gasteiger partial charge in [0, 0.05) is 29.2 Å². The molecule has 0 saturated carbocycles. The van der Waals surface area contributed by atoms with Crippen molar-refractivity contribution in [3.63, 3.8) is 0 Å². The maximum atomic E-state index is 13.6. The number of carbonyl (C=O) groups excluding carboxylic acids is 2. The van der Waals surface area contributed by atoms with Crippen LogP contribution in [0.25, 0.3) is 17.0 Å². The Balaban J connectivity index is 1.59. The number of para-hydroxylation sites is 1. The van der Waals surface area contributed by atoms with E-state index in [1.165, 1.54) is 4.90 Å². The third-order valence-electron chi connectivity index (χ3n) is 6.29. The van der Waals surface area contributed by atoms with E-state index in [0.717, 1.165) is 33.2 Å². The van der Waals surface area contributed by atoms with Gasteiger partial charge in [-0.2, -0.15) is 5.26 Å². The number of aromatic nitrogens is 1. The second kappa shape index (κ2) is 9.25. The lowest BCUT2D eigenvalue weighted by Crippen LogP contribution is -2.54. The Bertz CT molecular complexity index is 1640. The summed E-state index contributed by atoms with van der Waals surface area (Å²) in [4.78, 5) is 27.8. The lowest BCUT2D eigenvalue weighted by molar-refractivity contribution is -0.122. The van der Waals surface area contributed by atoms with Crippen molar-refractivity contribution in [2.45, 2.75) is 20.4 Å². The number of nitriles is 1. The number of hydrogen-bond donors (Lipinski definition) is 1. The van der Waals surface area contributed by atoms with Crippen LogP contribution in [0.4, 0.5) is 5.69 Å². The first-order valence-corrected chi connectivity index (χ1v) is 11.8. The lowest BCUT2D eigenvalue weighted by atomic mass is 10.0. The summed E-state index contributed by atoms with van der Waals surface area (Å²) in [6.07, 6.45) is 3.52. The zero-order valence-corrected chi connectivity index (χ0v) is 20.6.